The Hall–Kier alpha value is -3.68. The fourth-order valence-corrected chi connectivity index (χ4v) is 3.36. The van der Waals surface area contributed by atoms with Gasteiger partial charge in [-0.2, -0.15) is 0 Å². The molecule has 31 heavy (non-hydrogen) atoms. The van der Waals surface area contributed by atoms with Gasteiger partial charge in [0.25, 0.3) is 11.8 Å². The van der Waals surface area contributed by atoms with Crippen molar-refractivity contribution in [1.82, 2.24) is 10.4 Å². The van der Waals surface area contributed by atoms with Gasteiger partial charge < -0.3 is 10.1 Å². The number of hydrogen-bond acceptors (Lipinski definition) is 5. The van der Waals surface area contributed by atoms with Crippen LogP contribution in [0.3, 0.4) is 0 Å². The lowest BCUT2D eigenvalue weighted by Gasteiger charge is -2.17. The van der Waals surface area contributed by atoms with E-state index in [1.807, 2.05) is 39.0 Å². The highest BCUT2D eigenvalue weighted by atomic mass is 16.5. The van der Waals surface area contributed by atoms with Crippen molar-refractivity contribution >= 4 is 29.4 Å². The second kappa shape index (κ2) is 9.42. The van der Waals surface area contributed by atoms with E-state index < -0.39 is 30.3 Å². The molecule has 0 unspecified atom stereocenters. The molecule has 2 N–H and O–H groups in total. The predicted molar refractivity (Wildman–Crippen MR) is 114 cm³/mol. The smallest absolute Gasteiger partial charge is 0.311 e. The van der Waals surface area contributed by atoms with Crippen molar-refractivity contribution in [1.29, 1.82) is 0 Å². The zero-order chi connectivity index (χ0) is 22.5. The molecule has 2 aromatic rings. The van der Waals surface area contributed by atoms with E-state index in [1.165, 1.54) is 0 Å². The first-order valence-electron chi connectivity index (χ1n) is 9.94. The molecule has 3 rings (SSSR count). The molecule has 8 nitrogen and oxygen atoms in total. The summed E-state index contributed by atoms with van der Waals surface area (Å²) in [5.41, 5.74) is 6.57. The summed E-state index contributed by atoms with van der Waals surface area (Å²) in [4.78, 5) is 48.9. The van der Waals surface area contributed by atoms with E-state index in [4.69, 9.17) is 4.74 Å². The van der Waals surface area contributed by atoms with Gasteiger partial charge in [-0.3, -0.25) is 29.6 Å². The number of nitrogens with zero attached hydrogens (tertiary/aromatic N) is 1. The zero-order valence-corrected chi connectivity index (χ0v) is 17.7. The van der Waals surface area contributed by atoms with Crippen molar-refractivity contribution in [2.75, 3.05) is 18.5 Å². The summed E-state index contributed by atoms with van der Waals surface area (Å²) < 4.78 is 5.08. The molecule has 0 aliphatic carbocycles. The van der Waals surface area contributed by atoms with Gasteiger partial charge in [0, 0.05) is 17.7 Å². The SMILES string of the molecule is Cc1ccc(C(=O)NN2C[C@@H](C(=O)OCC(=O)Nc3cc(C)cc(C)c3)CC2=O)cc1. The van der Waals surface area contributed by atoms with Crippen LogP contribution in [0, 0.1) is 26.7 Å². The monoisotopic (exact) mass is 423 g/mol. The number of amides is 3. The quantitative estimate of drug-likeness (QED) is 0.694. The molecule has 1 fully saturated rings. The summed E-state index contributed by atoms with van der Waals surface area (Å²) in [5, 5.41) is 3.80. The van der Waals surface area contributed by atoms with Crippen molar-refractivity contribution in [2.45, 2.75) is 27.2 Å². The van der Waals surface area contributed by atoms with Crippen LogP contribution in [0.1, 0.15) is 33.5 Å². The van der Waals surface area contributed by atoms with Crippen molar-refractivity contribution in [3.8, 4) is 0 Å². The number of carbonyl (C=O) groups is 4. The highest BCUT2D eigenvalue weighted by molar-refractivity contribution is 5.97. The Kier molecular flexibility index (Phi) is 6.69. The third-order valence-corrected chi connectivity index (χ3v) is 4.86. The van der Waals surface area contributed by atoms with Gasteiger partial charge in [0.05, 0.1) is 12.5 Å². The number of nitrogens with one attached hydrogen (secondary N) is 2. The second-order valence-electron chi connectivity index (χ2n) is 7.74. The number of hydrogen-bond donors (Lipinski definition) is 2. The Morgan fingerprint density at radius 3 is 2.29 bits per heavy atom. The number of esters is 1. The number of ether oxygens (including phenoxy) is 1. The maximum absolute atomic E-state index is 12.3. The molecule has 0 bridgehead atoms. The Labute approximate surface area is 180 Å². The predicted octanol–water partition coefficient (Wildman–Crippen LogP) is 2.29. The highest BCUT2D eigenvalue weighted by Gasteiger charge is 2.36. The molecule has 1 heterocycles. The normalized spacial score (nSPS) is 15.5. The average Bonchev–Trinajstić information content (AvgIpc) is 3.06. The van der Waals surface area contributed by atoms with Crippen LogP contribution < -0.4 is 10.7 Å². The maximum Gasteiger partial charge on any atom is 0.311 e. The second-order valence-corrected chi connectivity index (χ2v) is 7.74. The van der Waals surface area contributed by atoms with E-state index in [1.54, 1.807) is 24.3 Å². The lowest BCUT2D eigenvalue weighted by Crippen LogP contribution is -2.43. The fourth-order valence-electron chi connectivity index (χ4n) is 3.36. The minimum absolute atomic E-state index is 0.00599. The molecular formula is C23H25N3O5. The molecule has 162 valence electrons. The minimum atomic E-state index is -0.750. The van der Waals surface area contributed by atoms with Gasteiger partial charge in [0.15, 0.2) is 6.61 Å². The summed E-state index contributed by atoms with van der Waals surface area (Å²) >= 11 is 0. The van der Waals surface area contributed by atoms with E-state index in [0.717, 1.165) is 21.7 Å². The van der Waals surface area contributed by atoms with Gasteiger partial charge >= 0.3 is 5.97 Å². The standard InChI is InChI=1S/C23H25N3O5/c1-14-4-6-17(7-5-14)22(29)25-26-12-18(11-21(26)28)23(30)31-13-20(27)24-19-9-15(2)8-16(3)10-19/h4-10,18H,11-13H2,1-3H3,(H,24,27)(H,25,29)/t18-/m0/s1. The van der Waals surface area contributed by atoms with E-state index in [2.05, 4.69) is 10.7 Å². The summed E-state index contributed by atoms with van der Waals surface area (Å²) in [7, 11) is 0. The van der Waals surface area contributed by atoms with Crippen LogP contribution in [-0.2, 0) is 19.1 Å². The third kappa shape index (κ3) is 5.91. The van der Waals surface area contributed by atoms with Gasteiger partial charge in [0.2, 0.25) is 5.91 Å². The minimum Gasteiger partial charge on any atom is -0.455 e. The molecule has 1 saturated heterocycles. The summed E-state index contributed by atoms with van der Waals surface area (Å²) in [5.74, 6) is -2.69. The van der Waals surface area contributed by atoms with Gasteiger partial charge in [-0.15, -0.1) is 0 Å². The topological polar surface area (TPSA) is 105 Å². The first kappa shape index (κ1) is 22.0. The maximum atomic E-state index is 12.3. The number of aryl methyl sites for hydroxylation is 3. The van der Waals surface area contributed by atoms with E-state index in [-0.39, 0.29) is 18.9 Å². The van der Waals surface area contributed by atoms with Crippen molar-refractivity contribution in [3.05, 3.63) is 64.7 Å². The lowest BCUT2D eigenvalue weighted by molar-refractivity contribution is -0.151. The van der Waals surface area contributed by atoms with Crippen LogP contribution in [-0.4, -0.2) is 41.9 Å². The highest BCUT2D eigenvalue weighted by Crippen LogP contribution is 2.18. The van der Waals surface area contributed by atoms with Crippen molar-refractivity contribution in [3.63, 3.8) is 0 Å². The molecule has 1 aliphatic heterocycles. The summed E-state index contributed by atoms with van der Waals surface area (Å²) in [6.45, 7) is 5.29. The number of anilines is 1. The number of rotatable bonds is 6. The molecule has 3 amide bonds. The van der Waals surface area contributed by atoms with E-state index in [9.17, 15) is 19.2 Å². The molecule has 0 aromatic heterocycles. The molecular weight excluding hydrogens is 398 g/mol. The molecule has 8 heteroatoms. The average molecular weight is 423 g/mol. The van der Waals surface area contributed by atoms with E-state index in [0.29, 0.717) is 11.3 Å². The summed E-state index contributed by atoms with van der Waals surface area (Å²) in [6.07, 6.45) is -0.0916. The van der Waals surface area contributed by atoms with Crippen LogP contribution >= 0.6 is 0 Å². The Morgan fingerprint density at radius 2 is 1.65 bits per heavy atom. The molecule has 0 spiro atoms. The zero-order valence-electron chi connectivity index (χ0n) is 17.7. The van der Waals surface area contributed by atoms with Gasteiger partial charge in [-0.25, -0.2) is 0 Å². The first-order valence-corrected chi connectivity index (χ1v) is 9.94. The lowest BCUT2D eigenvalue weighted by atomic mass is 10.1. The van der Waals surface area contributed by atoms with Gasteiger partial charge in [0.1, 0.15) is 0 Å². The van der Waals surface area contributed by atoms with Gasteiger partial charge in [-0.05, 0) is 56.2 Å². The Bertz CT molecular complexity index is 996. The largest absolute Gasteiger partial charge is 0.455 e. The van der Waals surface area contributed by atoms with Gasteiger partial charge in [-0.1, -0.05) is 23.8 Å². The first-order chi connectivity index (χ1) is 14.7. The van der Waals surface area contributed by atoms with Crippen LogP contribution in [0.5, 0.6) is 0 Å². The Balaban J connectivity index is 1.48. The van der Waals surface area contributed by atoms with Crippen LogP contribution in [0.2, 0.25) is 0 Å². The molecule has 1 atom stereocenters. The molecule has 0 radical (unpaired) electrons. The van der Waals surface area contributed by atoms with Crippen molar-refractivity contribution in [2.24, 2.45) is 5.92 Å². The van der Waals surface area contributed by atoms with Crippen LogP contribution in [0.4, 0.5) is 5.69 Å². The Morgan fingerprint density at radius 1 is 1.00 bits per heavy atom. The van der Waals surface area contributed by atoms with Crippen LogP contribution in [0.15, 0.2) is 42.5 Å². The third-order valence-electron chi connectivity index (χ3n) is 4.86. The number of benzene rings is 2. The number of hydrazine groups is 1. The fraction of sp³-hybridized carbons (Fsp3) is 0.304. The molecule has 0 saturated carbocycles. The van der Waals surface area contributed by atoms with E-state index >= 15 is 0 Å². The molecule has 1 aliphatic rings. The van der Waals surface area contributed by atoms with Crippen molar-refractivity contribution < 1.29 is 23.9 Å². The molecule has 2 aromatic carbocycles. The summed E-state index contributed by atoms with van der Waals surface area (Å²) in [6, 6.07) is 12.5. The number of carbonyl (C=O) groups excluding carboxylic acids is 4. The van der Waals surface area contributed by atoms with Crippen LogP contribution in [0.25, 0.3) is 0 Å².